The molecule has 1 aliphatic rings. The molecule has 0 aliphatic carbocycles. The number of hydrogen-bond donors (Lipinski definition) is 1. The fourth-order valence-corrected chi connectivity index (χ4v) is 4.05. The smallest absolute Gasteiger partial charge is 0.263 e. The van der Waals surface area contributed by atoms with Crippen LogP contribution in [-0.4, -0.2) is 52.8 Å². The Bertz CT molecular complexity index is 972. The number of likely N-dealkylation sites (tertiary alicyclic amines) is 1. The monoisotopic (exact) mass is 402 g/mol. The van der Waals surface area contributed by atoms with Crippen molar-refractivity contribution in [2.24, 2.45) is 0 Å². The summed E-state index contributed by atoms with van der Waals surface area (Å²) < 4.78 is 27.5. The maximum Gasteiger partial charge on any atom is 0.263 e. The lowest BCUT2D eigenvalue weighted by Gasteiger charge is -2.34. The first kappa shape index (κ1) is 18.9. The third-order valence-corrected chi connectivity index (χ3v) is 5.96. The lowest BCUT2D eigenvalue weighted by atomic mass is 9.92. The number of hydrogen-bond acceptors (Lipinski definition) is 5. The van der Waals surface area contributed by atoms with Crippen LogP contribution in [0.1, 0.15) is 12.8 Å². The van der Waals surface area contributed by atoms with Gasteiger partial charge in [-0.1, -0.05) is 12.1 Å². The predicted octanol–water partition coefficient (Wildman–Crippen LogP) is 4.07. The first-order valence-electron chi connectivity index (χ1n) is 9.15. The summed E-state index contributed by atoms with van der Waals surface area (Å²) in [7, 11) is 0. The number of carbonyl (C=O) groups excluding carboxylic acids is 1. The highest BCUT2D eigenvalue weighted by Crippen LogP contribution is 2.30. The van der Waals surface area contributed by atoms with Gasteiger partial charge in [0, 0.05) is 50.3 Å². The van der Waals surface area contributed by atoms with Gasteiger partial charge in [0.25, 0.3) is 5.91 Å². The van der Waals surface area contributed by atoms with Crippen LogP contribution in [0.25, 0.3) is 21.2 Å². The van der Waals surface area contributed by atoms with Crippen molar-refractivity contribution in [1.29, 1.82) is 0 Å². The number of thiazole rings is 1. The van der Waals surface area contributed by atoms with E-state index in [2.05, 4.69) is 15.3 Å². The number of rotatable bonds is 5. The molecule has 0 radical (unpaired) electrons. The minimum Gasteiger partial charge on any atom is -0.308 e. The number of halogens is 2. The van der Waals surface area contributed by atoms with Crippen LogP contribution in [-0.2, 0) is 4.79 Å². The Morgan fingerprint density at radius 3 is 2.75 bits per heavy atom. The molecule has 3 heterocycles. The van der Waals surface area contributed by atoms with Crippen molar-refractivity contribution in [2.45, 2.75) is 18.5 Å². The van der Waals surface area contributed by atoms with E-state index in [-0.39, 0.29) is 19.4 Å². The molecule has 4 rings (SSSR count). The summed E-state index contributed by atoms with van der Waals surface area (Å²) >= 11 is 1.55. The molecule has 146 valence electrons. The molecule has 3 aromatic rings. The minimum absolute atomic E-state index is 0.0575. The Morgan fingerprint density at radius 1 is 1.21 bits per heavy atom. The number of carbonyl (C=O) groups is 1. The second-order valence-corrected chi connectivity index (χ2v) is 7.83. The molecule has 1 aromatic carbocycles. The highest BCUT2D eigenvalue weighted by atomic mass is 32.1. The number of anilines is 1. The third kappa shape index (κ3) is 3.88. The summed E-state index contributed by atoms with van der Waals surface area (Å²) in [5, 5.41) is 4.45. The molecule has 28 heavy (non-hydrogen) atoms. The fourth-order valence-electron chi connectivity index (χ4n) is 3.43. The van der Waals surface area contributed by atoms with E-state index in [0.29, 0.717) is 18.9 Å². The fraction of sp³-hybridized carbons (Fsp3) is 0.350. The van der Waals surface area contributed by atoms with Crippen molar-refractivity contribution in [3.05, 3.63) is 42.2 Å². The number of fused-ring (bicyclic) bond motifs is 1. The molecule has 1 amide bonds. The zero-order valence-corrected chi connectivity index (χ0v) is 16.0. The van der Waals surface area contributed by atoms with E-state index in [1.807, 2.05) is 23.1 Å². The summed E-state index contributed by atoms with van der Waals surface area (Å²) in [4.78, 5) is 23.7. The van der Waals surface area contributed by atoms with Gasteiger partial charge < -0.3 is 10.2 Å². The largest absolute Gasteiger partial charge is 0.308 e. The molecule has 0 saturated carbocycles. The Labute approximate surface area is 165 Å². The molecule has 0 atom stereocenters. The Morgan fingerprint density at radius 2 is 2.04 bits per heavy atom. The zero-order chi connectivity index (χ0) is 19.6. The molecule has 1 fully saturated rings. The molecule has 8 heteroatoms. The molecule has 5 nitrogen and oxygen atoms in total. The SMILES string of the molecule is O=C(Nc1cc2cc(-c3cncs3)ccc2cn1)C1(F)CCN(CCF)CC1. The zero-order valence-electron chi connectivity index (χ0n) is 15.2. The highest BCUT2D eigenvalue weighted by Gasteiger charge is 2.41. The van der Waals surface area contributed by atoms with Crippen LogP contribution in [0, 0.1) is 0 Å². The number of nitrogens with one attached hydrogen (secondary N) is 1. The van der Waals surface area contributed by atoms with Crippen molar-refractivity contribution in [2.75, 3.05) is 31.6 Å². The molecular formula is C20H20F2N4OS. The maximum atomic E-state index is 15.1. The second-order valence-electron chi connectivity index (χ2n) is 6.95. The van der Waals surface area contributed by atoms with E-state index in [9.17, 15) is 9.18 Å². The van der Waals surface area contributed by atoms with Crippen LogP contribution >= 0.6 is 11.3 Å². The molecule has 0 spiro atoms. The Balaban J connectivity index is 1.50. The van der Waals surface area contributed by atoms with Crippen LogP contribution in [0.3, 0.4) is 0 Å². The molecule has 0 bridgehead atoms. The lowest BCUT2D eigenvalue weighted by Crippen LogP contribution is -2.49. The summed E-state index contributed by atoms with van der Waals surface area (Å²) in [5.41, 5.74) is 0.853. The van der Waals surface area contributed by atoms with Crippen molar-refractivity contribution < 1.29 is 13.6 Å². The first-order valence-corrected chi connectivity index (χ1v) is 10.0. The van der Waals surface area contributed by atoms with Crippen LogP contribution in [0.15, 0.2) is 42.2 Å². The molecule has 2 aromatic heterocycles. The normalized spacial score (nSPS) is 16.9. The van der Waals surface area contributed by atoms with E-state index in [1.54, 1.807) is 35.3 Å². The van der Waals surface area contributed by atoms with E-state index in [0.717, 1.165) is 21.2 Å². The standard InChI is InChI=1S/C20H20F2N4OS/c21-5-8-26-6-3-20(22,4-7-26)19(27)25-18-10-16-9-14(17-12-23-13-28-17)1-2-15(16)11-24-18/h1-2,9-13H,3-8H2,(H,24,25,27). The summed E-state index contributed by atoms with van der Waals surface area (Å²) in [6, 6.07) is 7.71. The maximum absolute atomic E-state index is 15.1. The molecule has 1 aliphatic heterocycles. The topological polar surface area (TPSA) is 58.1 Å². The average molecular weight is 402 g/mol. The van der Waals surface area contributed by atoms with Crippen LogP contribution in [0.2, 0.25) is 0 Å². The number of amides is 1. The first-order chi connectivity index (χ1) is 13.6. The summed E-state index contributed by atoms with van der Waals surface area (Å²) in [6.07, 6.45) is 3.58. The quantitative estimate of drug-likeness (QED) is 0.699. The van der Waals surface area contributed by atoms with E-state index >= 15 is 4.39 Å². The van der Waals surface area contributed by atoms with E-state index in [1.165, 1.54) is 0 Å². The van der Waals surface area contributed by atoms with E-state index < -0.39 is 18.3 Å². The average Bonchev–Trinajstić information content (AvgIpc) is 3.24. The van der Waals surface area contributed by atoms with Crippen molar-refractivity contribution in [1.82, 2.24) is 14.9 Å². The van der Waals surface area contributed by atoms with Crippen molar-refractivity contribution in [3.63, 3.8) is 0 Å². The van der Waals surface area contributed by atoms with Gasteiger partial charge in [-0.3, -0.25) is 9.78 Å². The molecule has 1 saturated heterocycles. The third-order valence-electron chi connectivity index (χ3n) is 5.14. The van der Waals surface area contributed by atoms with Gasteiger partial charge >= 0.3 is 0 Å². The van der Waals surface area contributed by atoms with Crippen LogP contribution in [0.4, 0.5) is 14.6 Å². The number of pyridine rings is 1. The van der Waals surface area contributed by atoms with Gasteiger partial charge in [0.15, 0.2) is 5.67 Å². The van der Waals surface area contributed by atoms with Gasteiger partial charge in [0.1, 0.15) is 12.5 Å². The summed E-state index contributed by atoms with van der Waals surface area (Å²) in [5.74, 6) is -0.361. The summed E-state index contributed by atoms with van der Waals surface area (Å²) in [6.45, 7) is 0.566. The number of alkyl halides is 2. The Hall–Kier alpha value is -2.45. The Kier molecular flexibility index (Phi) is 5.32. The van der Waals surface area contributed by atoms with Gasteiger partial charge in [0.05, 0.1) is 10.4 Å². The number of benzene rings is 1. The second kappa shape index (κ2) is 7.89. The minimum atomic E-state index is -1.95. The van der Waals surface area contributed by atoms with Gasteiger partial charge in [0.2, 0.25) is 0 Å². The highest BCUT2D eigenvalue weighted by molar-refractivity contribution is 7.13. The lowest BCUT2D eigenvalue weighted by molar-refractivity contribution is -0.130. The molecule has 0 unspecified atom stereocenters. The predicted molar refractivity (Wildman–Crippen MR) is 107 cm³/mol. The van der Waals surface area contributed by atoms with Crippen molar-refractivity contribution >= 4 is 33.8 Å². The van der Waals surface area contributed by atoms with Crippen LogP contribution in [0.5, 0.6) is 0 Å². The van der Waals surface area contributed by atoms with Gasteiger partial charge in [-0.05, 0) is 23.1 Å². The molecule has 1 N–H and O–H groups in total. The van der Waals surface area contributed by atoms with Gasteiger partial charge in [-0.25, -0.2) is 13.8 Å². The number of nitrogens with zero attached hydrogens (tertiary/aromatic N) is 3. The van der Waals surface area contributed by atoms with Gasteiger partial charge in [-0.2, -0.15) is 0 Å². The van der Waals surface area contributed by atoms with Crippen LogP contribution < -0.4 is 5.32 Å². The van der Waals surface area contributed by atoms with Gasteiger partial charge in [-0.15, -0.1) is 11.3 Å². The van der Waals surface area contributed by atoms with E-state index in [4.69, 9.17) is 0 Å². The van der Waals surface area contributed by atoms with Crippen molar-refractivity contribution in [3.8, 4) is 10.4 Å². The molecular weight excluding hydrogens is 382 g/mol. The number of aromatic nitrogens is 2. The number of piperidine rings is 1.